The molecule has 0 fully saturated rings. The molecule has 0 spiro atoms. The van der Waals surface area contributed by atoms with Gasteiger partial charge in [-0.1, -0.05) is 6.07 Å². The second kappa shape index (κ2) is 6.87. The van der Waals surface area contributed by atoms with Gasteiger partial charge in [0.2, 0.25) is 0 Å². The summed E-state index contributed by atoms with van der Waals surface area (Å²) >= 11 is 0. The highest BCUT2D eigenvalue weighted by Gasteiger charge is 2.49. The van der Waals surface area contributed by atoms with Crippen molar-refractivity contribution in [1.82, 2.24) is 9.97 Å². The number of halogens is 1. The van der Waals surface area contributed by atoms with E-state index in [0.29, 0.717) is 5.56 Å². The van der Waals surface area contributed by atoms with Crippen LogP contribution in [-0.4, -0.2) is 40.5 Å². The molecule has 1 aromatic carbocycles. The molecular formula is C19H21FN4O4S. The summed E-state index contributed by atoms with van der Waals surface area (Å²) in [6, 6.07) is 4.02. The lowest BCUT2D eigenvalue weighted by Crippen LogP contribution is -2.55. The van der Waals surface area contributed by atoms with Crippen LogP contribution >= 0.6 is 0 Å². The summed E-state index contributed by atoms with van der Waals surface area (Å²) in [6.45, 7) is 4.42. The predicted molar refractivity (Wildman–Crippen MR) is 106 cm³/mol. The Kier molecular flexibility index (Phi) is 4.94. The van der Waals surface area contributed by atoms with E-state index in [9.17, 15) is 22.4 Å². The number of hydrogen-bond acceptors (Lipinski definition) is 7. The van der Waals surface area contributed by atoms with E-state index in [2.05, 4.69) is 15.0 Å². The van der Waals surface area contributed by atoms with E-state index in [1.807, 2.05) is 0 Å². The highest BCUT2D eigenvalue weighted by Crippen LogP contribution is 2.38. The van der Waals surface area contributed by atoms with E-state index in [1.165, 1.54) is 45.2 Å². The van der Waals surface area contributed by atoms with Crippen LogP contribution in [0.2, 0.25) is 0 Å². The number of carbonyl (C=O) groups excluding carboxylic acids is 1. The van der Waals surface area contributed by atoms with Gasteiger partial charge in [0.25, 0.3) is 5.56 Å². The van der Waals surface area contributed by atoms with E-state index >= 15 is 0 Å². The van der Waals surface area contributed by atoms with Crippen molar-refractivity contribution >= 4 is 21.5 Å². The molecule has 2 heterocycles. The van der Waals surface area contributed by atoms with Gasteiger partial charge in [0.05, 0.1) is 11.9 Å². The van der Waals surface area contributed by atoms with Gasteiger partial charge in [0, 0.05) is 18.2 Å². The van der Waals surface area contributed by atoms with Crippen LogP contribution in [0.3, 0.4) is 0 Å². The summed E-state index contributed by atoms with van der Waals surface area (Å²) in [6.07, 6.45) is 2.09. The van der Waals surface area contributed by atoms with Crippen molar-refractivity contribution in [3.8, 4) is 0 Å². The molecule has 154 valence electrons. The number of hydrogen-bond donors (Lipinski definition) is 2. The number of aromatic nitrogens is 2. The molecule has 0 saturated carbocycles. The van der Waals surface area contributed by atoms with E-state index in [1.54, 1.807) is 0 Å². The topological polar surface area (TPSA) is 135 Å². The number of carbonyl (C=O) groups is 1. The van der Waals surface area contributed by atoms with Crippen molar-refractivity contribution in [1.29, 1.82) is 0 Å². The molecule has 0 bridgehead atoms. The van der Waals surface area contributed by atoms with E-state index < -0.39 is 37.3 Å². The highest BCUT2D eigenvalue weighted by molar-refractivity contribution is 7.93. The van der Waals surface area contributed by atoms with Crippen LogP contribution in [0.4, 0.5) is 4.39 Å². The zero-order valence-corrected chi connectivity index (χ0v) is 17.0. The van der Waals surface area contributed by atoms with E-state index in [4.69, 9.17) is 5.73 Å². The molecule has 3 N–H and O–H groups in total. The van der Waals surface area contributed by atoms with Gasteiger partial charge in [-0.05, 0) is 38.5 Å². The minimum Gasteiger partial charge on any atom is -0.386 e. The number of aromatic amines is 1. The first kappa shape index (κ1) is 20.8. The number of nitrogens with zero attached hydrogens (tertiary/aromatic N) is 2. The fourth-order valence-electron chi connectivity index (χ4n) is 3.15. The molecule has 3 rings (SSSR count). The number of rotatable bonds is 4. The summed E-state index contributed by atoms with van der Waals surface area (Å²) in [5.41, 5.74) is 4.62. The smallest absolute Gasteiger partial charge is 0.266 e. The first-order valence-electron chi connectivity index (χ1n) is 8.81. The molecule has 29 heavy (non-hydrogen) atoms. The summed E-state index contributed by atoms with van der Waals surface area (Å²) in [5.74, 6) is -1.53. The predicted octanol–water partition coefficient (Wildman–Crippen LogP) is 1.11. The largest absolute Gasteiger partial charge is 0.386 e. The van der Waals surface area contributed by atoms with Crippen LogP contribution in [-0.2, 0) is 21.8 Å². The molecule has 1 aliphatic heterocycles. The molecule has 2 aromatic rings. The van der Waals surface area contributed by atoms with Crippen molar-refractivity contribution in [2.45, 2.75) is 37.5 Å². The Balaban J connectivity index is 1.99. The zero-order chi connectivity index (χ0) is 21.6. The Labute approximate surface area is 167 Å². The average molecular weight is 420 g/mol. The maximum absolute atomic E-state index is 14.6. The third kappa shape index (κ3) is 3.71. The number of sulfone groups is 1. The van der Waals surface area contributed by atoms with E-state index in [0.717, 1.165) is 6.20 Å². The molecule has 1 aliphatic rings. The lowest BCUT2D eigenvalue weighted by atomic mass is 9.90. The van der Waals surface area contributed by atoms with Gasteiger partial charge in [-0.3, -0.25) is 14.6 Å². The number of amidine groups is 1. The number of H-pyrrole nitrogens is 1. The molecule has 10 heteroatoms. The van der Waals surface area contributed by atoms with Crippen molar-refractivity contribution in [3.05, 3.63) is 63.6 Å². The number of ketones is 1. The van der Waals surface area contributed by atoms with Crippen LogP contribution < -0.4 is 11.3 Å². The molecule has 1 atom stereocenters. The summed E-state index contributed by atoms with van der Waals surface area (Å²) in [7, 11) is -3.70. The van der Waals surface area contributed by atoms with E-state index in [-0.39, 0.29) is 29.3 Å². The molecule has 0 aliphatic carbocycles. The molecule has 1 aromatic heterocycles. The third-order valence-electron chi connectivity index (χ3n) is 5.17. The summed E-state index contributed by atoms with van der Waals surface area (Å²) < 4.78 is 38.7. The van der Waals surface area contributed by atoms with Gasteiger partial charge in [-0.15, -0.1) is 0 Å². The number of nitrogens with one attached hydrogen (secondary N) is 1. The molecule has 0 radical (unpaired) electrons. The van der Waals surface area contributed by atoms with Gasteiger partial charge in [-0.25, -0.2) is 17.8 Å². The highest BCUT2D eigenvalue weighted by atomic mass is 32.2. The third-order valence-corrected chi connectivity index (χ3v) is 7.87. The van der Waals surface area contributed by atoms with Crippen LogP contribution in [0.25, 0.3) is 0 Å². The Morgan fingerprint density at radius 3 is 2.59 bits per heavy atom. The Morgan fingerprint density at radius 1 is 1.31 bits per heavy atom. The summed E-state index contributed by atoms with van der Waals surface area (Å²) in [4.78, 5) is 33.9. The molecule has 0 saturated heterocycles. The normalized spacial score (nSPS) is 22.7. The van der Waals surface area contributed by atoms with Gasteiger partial charge < -0.3 is 10.7 Å². The minimum atomic E-state index is -3.70. The van der Waals surface area contributed by atoms with Gasteiger partial charge in [-0.2, -0.15) is 0 Å². The minimum absolute atomic E-state index is 0.0410. The zero-order valence-electron chi connectivity index (χ0n) is 16.2. The maximum Gasteiger partial charge on any atom is 0.266 e. The number of nitrogens with two attached hydrogens (primary N) is 1. The second-order valence-corrected chi connectivity index (χ2v) is 10.3. The first-order chi connectivity index (χ1) is 13.4. The first-order valence-corrected chi connectivity index (χ1v) is 10.5. The Morgan fingerprint density at radius 2 is 2.00 bits per heavy atom. The van der Waals surface area contributed by atoms with Crippen molar-refractivity contribution in [2.24, 2.45) is 10.7 Å². The average Bonchev–Trinajstić information content (AvgIpc) is 2.62. The Hall–Kier alpha value is -2.88. The monoisotopic (exact) mass is 420 g/mol. The van der Waals surface area contributed by atoms with Crippen LogP contribution in [0, 0.1) is 5.82 Å². The lowest BCUT2D eigenvalue weighted by molar-refractivity contribution is 0.0987. The number of Topliss-reactive ketones (excluding diaryl/α,β-unsaturated/α-hetero) is 1. The molecule has 0 unspecified atom stereocenters. The van der Waals surface area contributed by atoms with Gasteiger partial charge in [0.15, 0.2) is 15.6 Å². The number of aliphatic imine (C=N–C) groups is 1. The molecule has 0 amide bonds. The lowest BCUT2D eigenvalue weighted by Gasteiger charge is -2.38. The van der Waals surface area contributed by atoms with Gasteiger partial charge in [0.1, 0.15) is 27.6 Å². The van der Waals surface area contributed by atoms with Crippen molar-refractivity contribution < 1.29 is 17.6 Å². The second-order valence-electron chi connectivity index (χ2n) is 7.75. The van der Waals surface area contributed by atoms with Crippen molar-refractivity contribution in [3.63, 3.8) is 0 Å². The maximum atomic E-state index is 14.6. The Bertz CT molecular complexity index is 1170. The van der Waals surface area contributed by atoms with Gasteiger partial charge >= 0.3 is 0 Å². The number of benzene rings is 1. The summed E-state index contributed by atoms with van der Waals surface area (Å²) in [5, 5.41) is 0. The standard InChI is InChI=1S/C19H21FN4O4S/c1-18(2)17(21)24-19(3,10-29(18,27)28)12-6-11(4-5-13(12)20)7-15(25)14-8-23-16(26)9-22-14/h4-6,8-9H,7,10H2,1-3H3,(H2,21,24)(H,23,26)/t19-/m0/s1. The quantitative estimate of drug-likeness (QED) is 0.712. The molecular weight excluding hydrogens is 399 g/mol. The molecule has 8 nitrogen and oxygen atoms in total. The SMILES string of the molecule is CC1(C)C(N)=N[C@](C)(c2cc(CC(=O)c3c[nH]c(=O)cn3)ccc2F)CS1(=O)=O. The van der Waals surface area contributed by atoms with Crippen LogP contribution in [0.15, 0.2) is 40.4 Å². The van der Waals surface area contributed by atoms with Crippen LogP contribution in [0.5, 0.6) is 0 Å². The van der Waals surface area contributed by atoms with Crippen LogP contribution in [0.1, 0.15) is 42.4 Å². The fraction of sp³-hybridized carbons (Fsp3) is 0.368. The van der Waals surface area contributed by atoms with Crippen molar-refractivity contribution in [2.75, 3.05) is 5.75 Å². The fourth-order valence-corrected chi connectivity index (χ4v) is 4.83.